The van der Waals surface area contributed by atoms with Crippen LogP contribution in [0.25, 0.3) is 0 Å². The van der Waals surface area contributed by atoms with Gasteiger partial charge in [0.05, 0.1) is 31.0 Å². The molecule has 0 fully saturated rings. The van der Waals surface area contributed by atoms with E-state index in [1.165, 1.54) is 0 Å². The molecule has 0 aliphatic rings. The molecule has 0 aliphatic carbocycles. The van der Waals surface area contributed by atoms with Crippen molar-refractivity contribution < 1.29 is 19.1 Å². The summed E-state index contributed by atoms with van der Waals surface area (Å²) in [6.45, 7) is 8.00. The topological polar surface area (TPSA) is 94.5 Å². The third-order valence-electron chi connectivity index (χ3n) is 3.91. The fourth-order valence-corrected chi connectivity index (χ4v) is 3.81. The van der Waals surface area contributed by atoms with E-state index in [4.69, 9.17) is 21.7 Å². The maximum Gasteiger partial charge on any atom is 0.348 e. The zero-order valence-electron chi connectivity index (χ0n) is 16.5. The first-order valence-electron chi connectivity index (χ1n) is 8.80. The van der Waals surface area contributed by atoms with Gasteiger partial charge >= 0.3 is 11.9 Å². The van der Waals surface area contributed by atoms with Gasteiger partial charge < -0.3 is 20.1 Å². The largest absolute Gasteiger partial charge is 0.462 e. The van der Waals surface area contributed by atoms with Gasteiger partial charge in [-0.25, -0.2) is 9.59 Å². The average Bonchev–Trinajstić information content (AvgIpc) is 3.12. The Kier molecular flexibility index (Phi) is 7.53. The molecule has 0 aliphatic heterocycles. The van der Waals surface area contributed by atoms with E-state index in [0.717, 1.165) is 22.7 Å². The first-order valence-corrected chi connectivity index (χ1v) is 10.0. The maximum absolute atomic E-state index is 12.4. The number of nitrogens with one attached hydrogen (secondary N) is 2. The number of esters is 2. The van der Waals surface area contributed by atoms with Gasteiger partial charge in [0.15, 0.2) is 5.11 Å². The van der Waals surface area contributed by atoms with Crippen LogP contribution in [-0.2, 0) is 23.1 Å². The maximum atomic E-state index is 12.4. The molecule has 0 amide bonds. The molecular weight excluding hydrogens is 400 g/mol. The summed E-state index contributed by atoms with van der Waals surface area (Å²) in [4.78, 5) is 24.9. The van der Waals surface area contributed by atoms with Crippen molar-refractivity contribution in [3.63, 3.8) is 0 Å². The van der Waals surface area contributed by atoms with E-state index in [0.29, 0.717) is 27.1 Å². The number of nitrogens with zero attached hydrogens (tertiary/aromatic N) is 2. The lowest BCUT2D eigenvalue weighted by Crippen LogP contribution is -2.28. The number of thiophene rings is 1. The van der Waals surface area contributed by atoms with Crippen molar-refractivity contribution in [2.45, 2.75) is 34.2 Å². The van der Waals surface area contributed by atoms with E-state index < -0.39 is 11.9 Å². The molecule has 152 valence electrons. The van der Waals surface area contributed by atoms with Crippen LogP contribution in [0.2, 0.25) is 0 Å². The van der Waals surface area contributed by atoms with Gasteiger partial charge in [-0.15, -0.1) is 11.3 Å². The van der Waals surface area contributed by atoms with Gasteiger partial charge in [-0.2, -0.15) is 5.10 Å². The van der Waals surface area contributed by atoms with Crippen molar-refractivity contribution in [3.8, 4) is 0 Å². The van der Waals surface area contributed by atoms with E-state index >= 15 is 0 Å². The van der Waals surface area contributed by atoms with Crippen LogP contribution < -0.4 is 10.6 Å². The fraction of sp³-hybridized carbons (Fsp3) is 0.444. The molecule has 0 saturated carbocycles. The van der Waals surface area contributed by atoms with Crippen molar-refractivity contribution in [2.75, 3.05) is 18.5 Å². The van der Waals surface area contributed by atoms with Crippen LogP contribution in [0.3, 0.4) is 0 Å². The quantitative estimate of drug-likeness (QED) is 0.518. The Hall–Kier alpha value is -2.46. The lowest BCUT2D eigenvalue weighted by Gasteiger charge is -2.10. The molecule has 2 heterocycles. The Morgan fingerprint density at radius 3 is 2.43 bits per heavy atom. The monoisotopic (exact) mass is 424 g/mol. The number of ether oxygens (including phenoxy) is 2. The molecule has 2 aromatic rings. The highest BCUT2D eigenvalue weighted by Gasteiger charge is 2.26. The molecular formula is C18H24N4O4S2. The molecule has 0 aromatic carbocycles. The predicted octanol–water partition coefficient (Wildman–Crippen LogP) is 2.94. The Morgan fingerprint density at radius 1 is 1.21 bits per heavy atom. The van der Waals surface area contributed by atoms with Crippen molar-refractivity contribution in [1.29, 1.82) is 0 Å². The molecule has 2 N–H and O–H groups in total. The number of aromatic nitrogens is 2. The number of carbonyl (C=O) groups is 2. The highest BCUT2D eigenvalue weighted by Crippen LogP contribution is 2.34. The highest BCUT2D eigenvalue weighted by molar-refractivity contribution is 7.80. The molecule has 0 bridgehead atoms. The van der Waals surface area contributed by atoms with E-state index in [2.05, 4.69) is 15.7 Å². The Bertz CT molecular complexity index is 869. The van der Waals surface area contributed by atoms with Crippen LogP contribution in [0.5, 0.6) is 0 Å². The number of aryl methyl sites for hydroxylation is 2. The van der Waals surface area contributed by atoms with Crippen LogP contribution in [0.4, 0.5) is 5.00 Å². The molecule has 0 atom stereocenters. The van der Waals surface area contributed by atoms with Gasteiger partial charge in [0, 0.05) is 12.7 Å². The van der Waals surface area contributed by atoms with Gasteiger partial charge in [-0.3, -0.25) is 4.68 Å². The van der Waals surface area contributed by atoms with E-state index in [1.54, 1.807) is 25.5 Å². The third-order valence-corrected chi connectivity index (χ3v) is 5.34. The molecule has 28 heavy (non-hydrogen) atoms. The Balaban J connectivity index is 2.19. The molecule has 2 rings (SSSR count). The number of rotatable bonds is 7. The smallest absolute Gasteiger partial charge is 0.348 e. The molecule has 0 saturated heterocycles. The summed E-state index contributed by atoms with van der Waals surface area (Å²) in [5.41, 5.74) is 2.66. The summed E-state index contributed by atoms with van der Waals surface area (Å²) < 4.78 is 12.0. The highest BCUT2D eigenvalue weighted by atomic mass is 32.1. The minimum absolute atomic E-state index is 0.226. The van der Waals surface area contributed by atoms with E-state index in [-0.39, 0.29) is 18.8 Å². The number of anilines is 1. The second-order valence-electron chi connectivity index (χ2n) is 5.91. The molecule has 0 radical (unpaired) electrons. The first-order chi connectivity index (χ1) is 13.3. The SMILES string of the molecule is CCOC(=O)c1sc(NC(=S)NCc2cc(C)n(C)n2)c(C(=O)OCC)c1C. The number of hydrogen-bond donors (Lipinski definition) is 2. The summed E-state index contributed by atoms with van der Waals surface area (Å²) in [5.74, 6) is -0.996. The van der Waals surface area contributed by atoms with Crippen LogP contribution in [-0.4, -0.2) is 40.0 Å². The van der Waals surface area contributed by atoms with Gasteiger partial charge in [-0.1, -0.05) is 0 Å². The second-order valence-corrected chi connectivity index (χ2v) is 7.34. The average molecular weight is 425 g/mol. The summed E-state index contributed by atoms with van der Waals surface area (Å²) in [7, 11) is 1.87. The van der Waals surface area contributed by atoms with Crippen LogP contribution in [0, 0.1) is 13.8 Å². The molecule has 0 spiro atoms. The number of carbonyl (C=O) groups excluding carboxylic acids is 2. The van der Waals surface area contributed by atoms with Gasteiger partial charge in [0.2, 0.25) is 0 Å². The van der Waals surface area contributed by atoms with Gasteiger partial charge in [-0.05, 0) is 51.5 Å². The van der Waals surface area contributed by atoms with Crippen molar-refractivity contribution >= 4 is 45.6 Å². The van der Waals surface area contributed by atoms with E-state index in [1.807, 2.05) is 20.0 Å². The Morgan fingerprint density at radius 2 is 1.86 bits per heavy atom. The van der Waals surface area contributed by atoms with E-state index in [9.17, 15) is 9.59 Å². The fourth-order valence-electron chi connectivity index (χ4n) is 2.48. The van der Waals surface area contributed by atoms with Gasteiger partial charge in [0.25, 0.3) is 0 Å². The number of hydrogen-bond acceptors (Lipinski definition) is 7. The summed E-state index contributed by atoms with van der Waals surface area (Å²) in [6, 6.07) is 1.95. The predicted molar refractivity (Wildman–Crippen MR) is 112 cm³/mol. The van der Waals surface area contributed by atoms with Crippen molar-refractivity contribution in [1.82, 2.24) is 15.1 Å². The minimum atomic E-state index is -0.516. The van der Waals surface area contributed by atoms with Crippen LogP contribution in [0.1, 0.15) is 50.8 Å². The molecule has 8 nitrogen and oxygen atoms in total. The summed E-state index contributed by atoms with van der Waals surface area (Å²) in [5, 5.41) is 11.2. The zero-order valence-corrected chi connectivity index (χ0v) is 18.2. The lowest BCUT2D eigenvalue weighted by atomic mass is 10.1. The van der Waals surface area contributed by atoms with Crippen LogP contribution >= 0.6 is 23.6 Å². The lowest BCUT2D eigenvalue weighted by molar-refractivity contribution is 0.0527. The Labute approximate surface area is 173 Å². The van der Waals surface area contributed by atoms with Crippen LogP contribution in [0.15, 0.2) is 6.07 Å². The summed E-state index contributed by atoms with van der Waals surface area (Å²) in [6.07, 6.45) is 0. The molecule has 10 heteroatoms. The van der Waals surface area contributed by atoms with Crippen molar-refractivity contribution in [3.05, 3.63) is 33.5 Å². The number of thiocarbonyl (C=S) groups is 1. The van der Waals surface area contributed by atoms with Gasteiger partial charge in [0.1, 0.15) is 9.88 Å². The standard InChI is InChI=1S/C18H24N4O4S2/c1-6-25-16(23)13-11(4)14(17(24)26-7-2)28-15(13)20-18(27)19-9-12-8-10(3)22(5)21-12/h8H,6-7,9H2,1-5H3,(H2,19,20,27). The molecule has 0 unspecified atom stereocenters. The summed E-state index contributed by atoms with van der Waals surface area (Å²) >= 11 is 6.45. The first kappa shape index (κ1) is 21.8. The van der Waals surface area contributed by atoms with Crippen molar-refractivity contribution in [2.24, 2.45) is 7.05 Å². The zero-order chi connectivity index (χ0) is 20.8. The normalized spacial score (nSPS) is 10.5. The molecule has 2 aromatic heterocycles. The third kappa shape index (κ3) is 5.08. The second kappa shape index (κ2) is 9.65. The minimum Gasteiger partial charge on any atom is -0.462 e.